The topological polar surface area (TPSA) is 143 Å². The molecule has 0 heterocycles. The molecule has 13 heavy (non-hydrogen) atoms. The van der Waals surface area contributed by atoms with Gasteiger partial charge < -0.3 is 34.4 Å². The molecule has 0 aliphatic carbocycles. The average Bonchev–Trinajstić information content (AvgIpc) is 2.18. The molecule has 0 aliphatic heterocycles. The molecule has 0 saturated carbocycles. The molecule has 0 rings (SSSR count). The SMILES string of the molecule is [Cr+6].[NH-]CC[NH-].[NH-]CC[NH-].[NH-]CC[NH-]. The van der Waals surface area contributed by atoms with Gasteiger partial charge in [-0.15, -0.1) is 0 Å². The van der Waals surface area contributed by atoms with Crippen LogP contribution in [0, 0.1) is 0 Å². The molecule has 0 radical (unpaired) electrons. The van der Waals surface area contributed by atoms with E-state index in [9.17, 15) is 0 Å². The van der Waals surface area contributed by atoms with Crippen molar-refractivity contribution in [2.75, 3.05) is 39.3 Å². The fraction of sp³-hybridized carbons (Fsp3) is 1.00. The maximum absolute atomic E-state index is 6.26. The van der Waals surface area contributed by atoms with Crippen molar-refractivity contribution in [3.05, 3.63) is 34.4 Å². The van der Waals surface area contributed by atoms with E-state index in [-0.39, 0.29) is 56.6 Å². The minimum Gasteiger partial charge on any atom is -0.679 e. The second-order valence-corrected chi connectivity index (χ2v) is 1.50. The van der Waals surface area contributed by atoms with E-state index in [2.05, 4.69) is 0 Å². The maximum atomic E-state index is 6.26. The van der Waals surface area contributed by atoms with Crippen molar-refractivity contribution in [1.29, 1.82) is 0 Å². The number of hydrogen-bond acceptors (Lipinski definition) is 0. The molecule has 0 unspecified atom stereocenters. The van der Waals surface area contributed by atoms with Gasteiger partial charge in [0, 0.05) is 0 Å². The molecular formula is C6H18CrN6. The first kappa shape index (κ1) is 23.3. The van der Waals surface area contributed by atoms with Crippen molar-refractivity contribution < 1.29 is 17.4 Å². The van der Waals surface area contributed by atoms with E-state index in [0.29, 0.717) is 0 Å². The molecule has 0 fully saturated rings. The predicted octanol–water partition coefficient (Wildman–Crippen LogP) is 3.27. The average molecular weight is 226 g/mol. The Labute approximate surface area is 91.5 Å². The van der Waals surface area contributed by atoms with Gasteiger partial charge in [0.1, 0.15) is 0 Å². The molecular weight excluding hydrogens is 208 g/mol. The van der Waals surface area contributed by atoms with Gasteiger partial charge in [-0.1, -0.05) is 0 Å². The van der Waals surface area contributed by atoms with Crippen LogP contribution in [0.2, 0.25) is 0 Å². The summed E-state index contributed by atoms with van der Waals surface area (Å²) in [5.41, 5.74) is 37.6. The molecule has 0 saturated heterocycles. The molecule has 6 nitrogen and oxygen atoms in total. The number of nitrogens with one attached hydrogen (secondary N) is 6. The molecule has 0 aromatic heterocycles. The molecule has 0 bridgehead atoms. The summed E-state index contributed by atoms with van der Waals surface area (Å²) in [6.45, 7) is 1.42. The molecule has 0 spiro atoms. The molecule has 6 N–H and O–H groups in total. The monoisotopic (exact) mass is 226 g/mol. The van der Waals surface area contributed by atoms with Crippen LogP contribution in [0.4, 0.5) is 0 Å². The van der Waals surface area contributed by atoms with Crippen LogP contribution < -0.4 is 0 Å². The third-order valence-corrected chi connectivity index (χ3v) is 0.375. The van der Waals surface area contributed by atoms with Gasteiger partial charge in [-0.25, -0.2) is 0 Å². The first-order valence-corrected chi connectivity index (χ1v) is 3.62. The molecule has 0 aromatic carbocycles. The van der Waals surface area contributed by atoms with E-state index in [4.69, 9.17) is 34.4 Å². The van der Waals surface area contributed by atoms with Crippen LogP contribution in [-0.2, 0) is 17.4 Å². The summed E-state index contributed by atoms with van der Waals surface area (Å²) in [6, 6.07) is 0. The van der Waals surface area contributed by atoms with E-state index in [1.807, 2.05) is 0 Å². The van der Waals surface area contributed by atoms with Crippen molar-refractivity contribution >= 4 is 0 Å². The Morgan fingerprint density at radius 2 is 0.462 bits per heavy atom. The van der Waals surface area contributed by atoms with Crippen LogP contribution in [0.3, 0.4) is 0 Å². The first-order chi connectivity index (χ1) is 5.74. The summed E-state index contributed by atoms with van der Waals surface area (Å²) in [5, 5.41) is 0. The van der Waals surface area contributed by atoms with Crippen LogP contribution >= 0.6 is 0 Å². The van der Waals surface area contributed by atoms with Crippen LogP contribution in [0.15, 0.2) is 0 Å². The quantitative estimate of drug-likeness (QED) is 0.695. The largest absolute Gasteiger partial charge is 6.00 e. The minimum absolute atomic E-state index is 0. The Hall–Kier alpha value is 0.292. The van der Waals surface area contributed by atoms with E-state index < -0.39 is 0 Å². The third kappa shape index (κ3) is 120. The molecule has 78 valence electrons. The number of hydrogen-bond donors (Lipinski definition) is 0. The van der Waals surface area contributed by atoms with Crippen LogP contribution in [-0.4, -0.2) is 39.3 Å². The Balaban J connectivity index is -0.0000000450. The zero-order chi connectivity index (χ0) is 10.2. The van der Waals surface area contributed by atoms with Crippen LogP contribution in [0.25, 0.3) is 34.4 Å². The van der Waals surface area contributed by atoms with Gasteiger partial charge in [0.25, 0.3) is 0 Å². The smallest absolute Gasteiger partial charge is 0.679 e. The summed E-state index contributed by atoms with van der Waals surface area (Å²) in [6.07, 6.45) is 0. The van der Waals surface area contributed by atoms with Crippen molar-refractivity contribution in [2.45, 2.75) is 0 Å². The Kier molecular flexibility index (Phi) is 70.8. The minimum atomic E-state index is 0. The zero-order valence-electron chi connectivity index (χ0n) is 7.65. The van der Waals surface area contributed by atoms with Crippen LogP contribution in [0.1, 0.15) is 0 Å². The van der Waals surface area contributed by atoms with Crippen LogP contribution in [0.5, 0.6) is 0 Å². The van der Waals surface area contributed by atoms with Gasteiger partial charge in [0.15, 0.2) is 0 Å². The van der Waals surface area contributed by atoms with Crippen molar-refractivity contribution in [3.63, 3.8) is 0 Å². The second kappa shape index (κ2) is 39.6. The van der Waals surface area contributed by atoms with Gasteiger partial charge in [0.2, 0.25) is 0 Å². The van der Waals surface area contributed by atoms with Gasteiger partial charge in [-0.2, -0.15) is 39.3 Å². The normalized spacial score (nSPS) is 6.92. The Morgan fingerprint density at radius 3 is 0.462 bits per heavy atom. The predicted molar refractivity (Wildman–Crippen MR) is 55.1 cm³/mol. The van der Waals surface area contributed by atoms with Gasteiger partial charge in [-0.3, -0.25) is 0 Å². The Morgan fingerprint density at radius 1 is 0.385 bits per heavy atom. The standard InChI is InChI=1S/3C2H6N2.Cr/c3*3-1-2-4;/h3*3-4H,1-2H2;/q3*-2;+6. The maximum Gasteiger partial charge on any atom is 6.00 e. The summed E-state index contributed by atoms with van der Waals surface area (Å²) in [7, 11) is 0. The third-order valence-electron chi connectivity index (χ3n) is 0.375. The fourth-order valence-corrected chi connectivity index (χ4v) is 0. The van der Waals surface area contributed by atoms with Crippen molar-refractivity contribution in [2.24, 2.45) is 0 Å². The summed E-state index contributed by atoms with van der Waals surface area (Å²) < 4.78 is 0. The molecule has 0 amide bonds. The van der Waals surface area contributed by atoms with E-state index in [1.165, 1.54) is 0 Å². The fourth-order valence-electron chi connectivity index (χ4n) is 0. The summed E-state index contributed by atoms with van der Waals surface area (Å²) >= 11 is 0. The van der Waals surface area contributed by atoms with Gasteiger partial charge in [-0.05, 0) is 0 Å². The summed E-state index contributed by atoms with van der Waals surface area (Å²) in [5.74, 6) is 0. The van der Waals surface area contributed by atoms with Crippen molar-refractivity contribution in [1.82, 2.24) is 0 Å². The van der Waals surface area contributed by atoms with Crippen molar-refractivity contribution in [3.8, 4) is 0 Å². The van der Waals surface area contributed by atoms with E-state index in [0.717, 1.165) is 0 Å². The second-order valence-electron chi connectivity index (χ2n) is 1.50. The zero-order valence-corrected chi connectivity index (χ0v) is 8.93. The molecule has 7 heteroatoms. The van der Waals surface area contributed by atoms with E-state index >= 15 is 0 Å². The Bertz CT molecular complexity index is 32.6. The van der Waals surface area contributed by atoms with E-state index in [1.54, 1.807) is 0 Å². The number of rotatable bonds is 3. The molecule has 0 atom stereocenters. The molecule has 0 aromatic rings. The molecule has 0 aliphatic rings. The first-order valence-electron chi connectivity index (χ1n) is 3.62. The van der Waals surface area contributed by atoms with Gasteiger partial charge >= 0.3 is 17.4 Å². The van der Waals surface area contributed by atoms with Gasteiger partial charge in [0.05, 0.1) is 0 Å². The summed E-state index contributed by atoms with van der Waals surface area (Å²) in [4.78, 5) is 0.